The minimum Gasteiger partial charge on any atom is -0.394 e. The smallest absolute Gasteiger partial charge is 0.220 e. The molecule has 0 aromatic rings. The Hall–Kier alpha value is -1.45. The second kappa shape index (κ2) is 26.0. The second-order valence-corrected chi connectivity index (χ2v) is 24.0. The van der Waals surface area contributed by atoms with E-state index in [1.165, 1.54) is 32.1 Å². The molecule has 4 aliphatic carbocycles. The number of amides is 1. The third-order valence-corrected chi connectivity index (χ3v) is 19.7. The van der Waals surface area contributed by atoms with Crippen LogP contribution >= 0.6 is 0 Å². The number of fused-ring (bicyclic) bond motifs is 5. The first-order valence-corrected chi connectivity index (χ1v) is 27.9. The molecule has 0 spiro atoms. The van der Waals surface area contributed by atoms with E-state index in [0.29, 0.717) is 47.5 Å². The van der Waals surface area contributed by atoms with Crippen molar-refractivity contribution in [3.05, 3.63) is 0 Å². The summed E-state index contributed by atoms with van der Waals surface area (Å²) in [5, 5.41) is 150. The summed E-state index contributed by atoms with van der Waals surface area (Å²) >= 11 is 0. The van der Waals surface area contributed by atoms with Gasteiger partial charge in [-0.2, -0.15) is 0 Å². The maximum Gasteiger partial charge on any atom is 0.220 e. The van der Waals surface area contributed by atoms with E-state index < -0.39 is 174 Å². The van der Waals surface area contributed by atoms with E-state index in [4.69, 9.17) is 42.6 Å². The van der Waals surface area contributed by atoms with Crippen LogP contribution in [0.5, 0.6) is 0 Å². The molecule has 8 aliphatic rings. The number of nitrogens with one attached hydrogen (secondary N) is 1. The van der Waals surface area contributed by atoms with Crippen LogP contribution in [0.15, 0.2) is 0 Å². The fourth-order valence-corrected chi connectivity index (χ4v) is 15.2. The van der Waals surface area contributed by atoms with E-state index in [1.54, 1.807) is 0 Å². The Kier molecular flexibility index (Phi) is 20.8. The van der Waals surface area contributed by atoms with E-state index in [9.17, 15) is 76.3 Å². The van der Waals surface area contributed by atoms with Crippen LogP contribution in [0.2, 0.25) is 0 Å². The molecule has 0 aromatic carbocycles. The number of carbonyl (C=O) groups excluding carboxylic acids is 1. The number of hydrogen-bond donors (Lipinski definition) is 15. The molecule has 8 rings (SSSR count). The fourth-order valence-electron chi connectivity index (χ4n) is 15.2. The monoisotopic (exact) mass is 1110 g/mol. The zero-order valence-corrected chi connectivity index (χ0v) is 44.5. The zero-order valence-electron chi connectivity index (χ0n) is 44.5. The number of carbonyl (C=O) groups is 1. The largest absolute Gasteiger partial charge is 0.394 e. The summed E-state index contributed by atoms with van der Waals surface area (Å²) in [6, 6.07) is -1.12. The third kappa shape index (κ3) is 12.4. The highest BCUT2D eigenvalue weighted by Gasteiger charge is 2.61. The summed E-state index contributed by atoms with van der Waals surface area (Å²) in [7, 11) is 1.83. The molecule has 0 aromatic heterocycles. The van der Waals surface area contributed by atoms with Gasteiger partial charge in [-0.25, -0.2) is 0 Å². The van der Waals surface area contributed by atoms with Crippen LogP contribution in [0.25, 0.3) is 0 Å². The molecule has 10 unspecified atom stereocenters. The topological polar surface area (TPSA) is 395 Å². The first kappa shape index (κ1) is 61.6. The molecule has 8 fully saturated rings. The fraction of sp³-hybridized carbons (Fsp3) is 0.981. The molecule has 4 saturated heterocycles. The van der Waals surface area contributed by atoms with Crippen molar-refractivity contribution in [2.45, 2.75) is 226 Å². The van der Waals surface area contributed by atoms with Gasteiger partial charge in [0.15, 0.2) is 25.2 Å². The maximum atomic E-state index is 14.0. The van der Waals surface area contributed by atoms with Gasteiger partial charge in [-0.05, 0) is 111 Å². The number of ether oxygens (including phenoxy) is 9. The van der Waals surface area contributed by atoms with Crippen molar-refractivity contribution in [2.75, 3.05) is 46.8 Å². The third-order valence-electron chi connectivity index (χ3n) is 19.7. The average Bonchev–Trinajstić information content (AvgIpc) is 3.87. The van der Waals surface area contributed by atoms with E-state index in [-0.39, 0.29) is 17.8 Å². The Balaban J connectivity index is 0.916. The van der Waals surface area contributed by atoms with Crippen molar-refractivity contribution in [1.29, 1.82) is 0 Å². The van der Waals surface area contributed by atoms with Crippen molar-refractivity contribution in [2.24, 2.45) is 46.3 Å². The average molecular weight is 1110 g/mol. The minimum absolute atomic E-state index is 0.108. The molecule has 25 nitrogen and oxygen atoms in total. The molecule has 0 radical (unpaired) electrons. The van der Waals surface area contributed by atoms with Crippen molar-refractivity contribution in [3.8, 4) is 0 Å². The molecular weight excluding hydrogens is 1020 g/mol. The minimum atomic E-state index is -1.91. The zero-order chi connectivity index (χ0) is 55.8. The predicted octanol–water partition coefficient (Wildman–Crippen LogP) is -4.16. The summed E-state index contributed by atoms with van der Waals surface area (Å²) in [4.78, 5) is 14.0. The first-order chi connectivity index (χ1) is 36.6. The van der Waals surface area contributed by atoms with E-state index in [0.717, 1.165) is 25.7 Å². The highest BCUT2D eigenvalue weighted by molar-refractivity contribution is 5.76. The van der Waals surface area contributed by atoms with Crippen molar-refractivity contribution in [1.82, 2.24) is 5.32 Å². The van der Waals surface area contributed by atoms with Crippen molar-refractivity contribution >= 4 is 5.91 Å². The number of hydrogen-bond acceptors (Lipinski definition) is 24. The molecule has 1 amide bonds. The molecule has 0 bridgehead atoms. The lowest BCUT2D eigenvalue weighted by Gasteiger charge is -2.61. The maximum absolute atomic E-state index is 14.0. The molecular formula is C52H89NO24. The van der Waals surface area contributed by atoms with Gasteiger partial charge in [0.1, 0.15) is 97.7 Å². The lowest BCUT2D eigenvalue weighted by atomic mass is 9.44. The molecule has 4 aliphatic heterocycles. The summed E-state index contributed by atoms with van der Waals surface area (Å²) in [6.07, 6.45) is -22.7. The quantitative estimate of drug-likeness (QED) is 0.0550. The molecule has 4 heterocycles. The van der Waals surface area contributed by atoms with Crippen LogP contribution in [-0.2, 0) is 47.4 Å². The number of rotatable bonds is 20. The van der Waals surface area contributed by atoms with Crippen LogP contribution in [0.1, 0.15) is 91.4 Å². The summed E-state index contributed by atoms with van der Waals surface area (Å²) in [5.74, 6) is 2.90. The Morgan fingerprint density at radius 3 is 1.52 bits per heavy atom. The van der Waals surface area contributed by atoms with E-state index in [2.05, 4.69) is 26.1 Å². The highest BCUT2D eigenvalue weighted by Crippen LogP contribution is 2.68. The molecule has 4 saturated carbocycles. The van der Waals surface area contributed by atoms with E-state index >= 15 is 0 Å². The van der Waals surface area contributed by atoms with Gasteiger partial charge in [0.2, 0.25) is 5.91 Å². The van der Waals surface area contributed by atoms with Gasteiger partial charge >= 0.3 is 0 Å². The van der Waals surface area contributed by atoms with Crippen LogP contribution in [0.3, 0.4) is 0 Å². The van der Waals surface area contributed by atoms with Gasteiger partial charge in [0.25, 0.3) is 0 Å². The predicted molar refractivity (Wildman–Crippen MR) is 261 cm³/mol. The summed E-state index contributed by atoms with van der Waals surface area (Å²) < 4.78 is 51.5. The second-order valence-electron chi connectivity index (χ2n) is 24.0. The Morgan fingerprint density at radius 1 is 0.558 bits per heavy atom. The van der Waals surface area contributed by atoms with Gasteiger partial charge in [0.05, 0.1) is 51.8 Å². The number of methoxy groups -OCH3 is 1. The van der Waals surface area contributed by atoms with Crippen LogP contribution in [0.4, 0.5) is 0 Å². The summed E-state index contributed by atoms with van der Waals surface area (Å²) in [5.41, 5.74) is 0.470. The molecule has 446 valence electrons. The normalized spacial score (nSPS) is 50.0. The molecule has 25 heteroatoms. The van der Waals surface area contributed by atoms with Gasteiger partial charge in [-0.15, -0.1) is 0 Å². The SMILES string of the molecule is CO[C@@H]1CC[C@@]2(C)[C@H](CC[C@@H]3[C@@H]2CC[C@]2(C)[C@@H]([C@H](C)CCC(=O)NC(CO[C@@H]4OC(CO)C(O[C@@H]5OC(CO)[C@@H](O)[C@H](O)C5O)[C@H](O)C4O)CO[C@@H]4OC(CO)[C@@H](O[C@H]5OC(CO)[C@@H](O)[C@H](O)C5O)[C@H](O)C4O)CC[C@@H]32)C1. The molecule has 77 heavy (non-hydrogen) atoms. The highest BCUT2D eigenvalue weighted by atomic mass is 16.8. The number of aliphatic hydroxyl groups is 14. The van der Waals surface area contributed by atoms with Crippen LogP contribution in [0, 0.1) is 46.3 Å². The van der Waals surface area contributed by atoms with Gasteiger partial charge in [-0.3, -0.25) is 4.79 Å². The van der Waals surface area contributed by atoms with Crippen LogP contribution in [-0.4, -0.2) is 259 Å². The Bertz CT molecular complexity index is 1800. The van der Waals surface area contributed by atoms with Crippen molar-refractivity contribution < 1.29 is 119 Å². The Morgan fingerprint density at radius 2 is 1.03 bits per heavy atom. The van der Waals surface area contributed by atoms with Crippen LogP contribution < -0.4 is 5.32 Å². The molecule has 15 N–H and O–H groups in total. The first-order valence-electron chi connectivity index (χ1n) is 27.9. The van der Waals surface area contributed by atoms with Gasteiger partial charge in [0, 0.05) is 13.5 Å². The van der Waals surface area contributed by atoms with Gasteiger partial charge in [-0.1, -0.05) is 20.8 Å². The lowest BCUT2D eigenvalue weighted by Crippen LogP contribution is -2.65. The Labute approximate surface area is 448 Å². The van der Waals surface area contributed by atoms with Crippen molar-refractivity contribution in [3.63, 3.8) is 0 Å². The molecule has 30 atom stereocenters. The van der Waals surface area contributed by atoms with E-state index in [1.807, 2.05) is 7.11 Å². The standard InChI is InChI=1S/C52H89NO24/c1-22(27-8-9-28-26-7-6-23-15-25(69-4)11-13-51(23,2)29(26)12-14-52(27,28)3)5-10-34(58)53-24(20-70-47-43(67)39(63)45(32(18-56)74-47)76-49-41(65)37(61)35(59)30(16-54)72-49)21-71-48-44(68)40(64)46(33(19-57)75-48)77-50-42(66)38(62)36(60)31(17-55)73-50/h22-33,35-50,54-57,59-68H,5-21H2,1-4H3,(H,53,58)/t22-,23-,24?,25-,26+,27-,28+,29+,30?,31?,32?,33?,35-,36-,37+,38+,39-,40-,41?,42?,43?,44?,45-,46?,47-,48-,49-,50+,51+,52-/m1/s1. The lowest BCUT2D eigenvalue weighted by molar-refractivity contribution is -0.362. The van der Waals surface area contributed by atoms with Gasteiger partial charge < -0.3 is 119 Å². The summed E-state index contributed by atoms with van der Waals surface area (Å²) in [6.45, 7) is 3.00. The number of aliphatic hydroxyl groups excluding tert-OH is 14.